The third kappa shape index (κ3) is 7.45. The number of nitrogens with two attached hydrogens (primary N) is 1. The Morgan fingerprint density at radius 2 is 2.06 bits per heavy atom. The number of carbonyl (C=O) groups excluding carboxylic acids is 1. The lowest BCUT2D eigenvalue weighted by atomic mass is 9.92. The second-order valence-electron chi connectivity index (χ2n) is 9.90. The Kier molecular flexibility index (Phi) is 8.34. The van der Waals surface area contributed by atoms with Gasteiger partial charge in [0.15, 0.2) is 11.5 Å². The Labute approximate surface area is 196 Å². The highest BCUT2D eigenvalue weighted by atomic mass is 16.6. The number of piperidine rings is 1. The molecule has 1 fully saturated rings. The summed E-state index contributed by atoms with van der Waals surface area (Å²) in [5.74, 6) is 0.877. The summed E-state index contributed by atoms with van der Waals surface area (Å²) in [5, 5.41) is 7.39. The Balaban J connectivity index is 1.50. The van der Waals surface area contributed by atoms with Crippen LogP contribution in [0.4, 0.5) is 10.6 Å². The molecular weight excluding hydrogens is 422 g/mol. The number of nitrogens with one attached hydrogen (secondary N) is 1. The number of alkyl carbamates (subject to hydrolysis) is 1. The third-order valence-corrected chi connectivity index (χ3v) is 5.74. The zero-order valence-corrected chi connectivity index (χ0v) is 20.6. The van der Waals surface area contributed by atoms with Crippen molar-refractivity contribution in [2.24, 2.45) is 5.92 Å². The zero-order valence-electron chi connectivity index (χ0n) is 20.6. The summed E-state index contributed by atoms with van der Waals surface area (Å²) in [6.07, 6.45) is 6.53. The molecule has 1 aliphatic rings. The van der Waals surface area contributed by atoms with E-state index in [0.29, 0.717) is 29.9 Å². The average molecular weight is 462 g/mol. The van der Waals surface area contributed by atoms with E-state index >= 15 is 0 Å². The fourth-order valence-corrected chi connectivity index (χ4v) is 4.10. The van der Waals surface area contributed by atoms with Crippen LogP contribution < -0.4 is 15.8 Å². The van der Waals surface area contributed by atoms with E-state index in [1.807, 2.05) is 33.9 Å². The minimum Gasteiger partial charge on any atom is -0.459 e. The Morgan fingerprint density at radius 3 is 2.73 bits per heavy atom. The predicted octanol–water partition coefficient (Wildman–Crippen LogP) is 3.05. The van der Waals surface area contributed by atoms with Gasteiger partial charge < -0.3 is 25.4 Å². The average Bonchev–Trinajstić information content (AvgIpc) is 3.11. The molecule has 33 heavy (non-hydrogen) atoms. The summed E-state index contributed by atoms with van der Waals surface area (Å²) in [7, 11) is 0. The summed E-state index contributed by atoms with van der Waals surface area (Å²) in [4.78, 5) is 22.9. The first-order chi connectivity index (χ1) is 15.6. The van der Waals surface area contributed by atoms with Gasteiger partial charge in [-0.05, 0) is 72.4 Å². The highest BCUT2D eigenvalue weighted by molar-refractivity contribution is 5.67. The van der Waals surface area contributed by atoms with Crippen LogP contribution in [0, 0.1) is 5.92 Å². The monoisotopic (exact) mass is 461 g/mol. The van der Waals surface area contributed by atoms with Gasteiger partial charge in [-0.1, -0.05) is 13.3 Å². The standard InChI is InChI=1S/C23H39N7O3/c1-6-7-16(2)32-21-27-19(24)20-26-15-18(30(20)28-21)14-17-8-11-29(12-9-17)13-10-25-22(31)33-23(3,4)5/h15-17H,6-14H2,1-5H3,(H,25,31)(H2,24,27,28)/t16-/m0/s1. The number of fused-ring (bicyclic) bond motifs is 1. The lowest BCUT2D eigenvalue weighted by molar-refractivity contribution is 0.0519. The lowest BCUT2D eigenvalue weighted by Gasteiger charge is -2.31. The number of likely N-dealkylation sites (tertiary alicyclic amines) is 1. The number of aromatic nitrogens is 4. The second-order valence-corrected chi connectivity index (χ2v) is 9.90. The van der Waals surface area contributed by atoms with Crippen molar-refractivity contribution >= 4 is 17.6 Å². The van der Waals surface area contributed by atoms with Crippen LogP contribution in [-0.2, 0) is 11.2 Å². The molecule has 10 heteroatoms. The fraction of sp³-hybridized carbons (Fsp3) is 0.739. The van der Waals surface area contributed by atoms with Crippen molar-refractivity contribution in [3.63, 3.8) is 0 Å². The van der Waals surface area contributed by atoms with Gasteiger partial charge in [-0.15, -0.1) is 5.10 Å². The normalized spacial score (nSPS) is 16.6. The van der Waals surface area contributed by atoms with Gasteiger partial charge in [-0.3, -0.25) is 0 Å². The molecule has 0 aromatic carbocycles. The van der Waals surface area contributed by atoms with Gasteiger partial charge in [-0.25, -0.2) is 14.3 Å². The maximum Gasteiger partial charge on any atom is 0.407 e. The molecule has 3 N–H and O–H groups in total. The van der Waals surface area contributed by atoms with Crippen molar-refractivity contribution in [3.8, 4) is 6.01 Å². The molecule has 1 saturated heterocycles. The Morgan fingerprint density at radius 1 is 1.33 bits per heavy atom. The first-order valence-corrected chi connectivity index (χ1v) is 12.0. The van der Waals surface area contributed by atoms with Crippen LogP contribution in [0.3, 0.4) is 0 Å². The quantitative estimate of drug-likeness (QED) is 0.585. The number of hydrogen-bond donors (Lipinski definition) is 2. The molecule has 0 unspecified atom stereocenters. The highest BCUT2D eigenvalue weighted by Crippen LogP contribution is 2.23. The van der Waals surface area contributed by atoms with E-state index in [1.54, 1.807) is 4.52 Å². The van der Waals surface area contributed by atoms with Gasteiger partial charge in [0.2, 0.25) is 0 Å². The van der Waals surface area contributed by atoms with E-state index in [-0.39, 0.29) is 12.2 Å². The maximum atomic E-state index is 11.8. The smallest absolute Gasteiger partial charge is 0.407 e. The fourth-order valence-electron chi connectivity index (χ4n) is 4.10. The van der Waals surface area contributed by atoms with Crippen LogP contribution in [0.15, 0.2) is 6.20 Å². The summed E-state index contributed by atoms with van der Waals surface area (Å²) in [6, 6.07) is 0.299. The lowest BCUT2D eigenvalue weighted by Crippen LogP contribution is -2.41. The van der Waals surface area contributed by atoms with Gasteiger partial charge in [-0.2, -0.15) is 4.98 Å². The number of ether oxygens (including phenoxy) is 2. The molecular formula is C23H39N7O3. The molecule has 2 aromatic rings. The molecule has 1 atom stereocenters. The summed E-state index contributed by atoms with van der Waals surface area (Å²) in [5.41, 5.74) is 7.24. The number of amides is 1. The van der Waals surface area contributed by atoms with Crippen molar-refractivity contribution in [2.45, 2.75) is 78.4 Å². The van der Waals surface area contributed by atoms with E-state index < -0.39 is 5.60 Å². The van der Waals surface area contributed by atoms with Gasteiger partial charge >= 0.3 is 12.1 Å². The molecule has 0 radical (unpaired) electrons. The number of nitrogens with zero attached hydrogens (tertiary/aromatic N) is 5. The summed E-state index contributed by atoms with van der Waals surface area (Å²) < 4.78 is 12.9. The molecule has 3 heterocycles. The topological polar surface area (TPSA) is 120 Å². The highest BCUT2D eigenvalue weighted by Gasteiger charge is 2.22. The van der Waals surface area contributed by atoms with Crippen molar-refractivity contribution in [3.05, 3.63) is 11.9 Å². The molecule has 0 bridgehead atoms. The molecule has 0 spiro atoms. The molecule has 184 valence electrons. The van der Waals surface area contributed by atoms with Gasteiger partial charge in [0, 0.05) is 13.1 Å². The van der Waals surface area contributed by atoms with Gasteiger partial charge in [0.05, 0.1) is 18.0 Å². The molecule has 3 rings (SSSR count). The van der Waals surface area contributed by atoms with E-state index in [0.717, 1.165) is 57.4 Å². The maximum absolute atomic E-state index is 11.8. The van der Waals surface area contributed by atoms with Crippen LogP contribution in [0.1, 0.15) is 66.0 Å². The van der Waals surface area contributed by atoms with E-state index in [2.05, 4.69) is 32.2 Å². The van der Waals surface area contributed by atoms with Crippen molar-refractivity contribution in [1.29, 1.82) is 0 Å². The van der Waals surface area contributed by atoms with E-state index in [4.69, 9.17) is 15.2 Å². The molecule has 1 aliphatic heterocycles. The van der Waals surface area contributed by atoms with Crippen LogP contribution in [0.5, 0.6) is 6.01 Å². The minimum absolute atomic E-state index is 0.0351. The first-order valence-electron chi connectivity index (χ1n) is 12.0. The first kappa shape index (κ1) is 25.0. The Bertz CT molecular complexity index is 917. The van der Waals surface area contributed by atoms with Crippen molar-refractivity contribution in [2.75, 3.05) is 31.9 Å². The number of nitrogen functional groups attached to an aromatic ring is 1. The van der Waals surface area contributed by atoms with Crippen LogP contribution >= 0.6 is 0 Å². The van der Waals surface area contributed by atoms with Crippen LogP contribution in [-0.4, -0.2) is 68.5 Å². The molecule has 10 nitrogen and oxygen atoms in total. The second kappa shape index (κ2) is 11.0. The number of rotatable bonds is 9. The van der Waals surface area contributed by atoms with Crippen LogP contribution in [0.25, 0.3) is 5.65 Å². The third-order valence-electron chi connectivity index (χ3n) is 5.74. The van der Waals surface area contributed by atoms with Gasteiger partial charge in [0.25, 0.3) is 0 Å². The summed E-state index contributed by atoms with van der Waals surface area (Å²) >= 11 is 0. The van der Waals surface area contributed by atoms with Crippen molar-refractivity contribution < 1.29 is 14.3 Å². The number of hydrogen-bond acceptors (Lipinski definition) is 8. The predicted molar refractivity (Wildman–Crippen MR) is 127 cm³/mol. The minimum atomic E-state index is -0.476. The number of anilines is 1. The number of imidazole rings is 1. The number of carbonyl (C=O) groups is 1. The Hall–Kier alpha value is -2.62. The SMILES string of the molecule is CCC[C@H](C)Oc1nc(N)c2ncc(CC3CCN(CCNC(=O)OC(C)(C)C)CC3)n2n1. The zero-order chi connectivity index (χ0) is 24.0. The molecule has 1 amide bonds. The largest absolute Gasteiger partial charge is 0.459 e. The molecule has 2 aromatic heterocycles. The van der Waals surface area contributed by atoms with E-state index in [9.17, 15) is 4.79 Å². The molecule has 0 aliphatic carbocycles. The molecule has 0 saturated carbocycles. The van der Waals surface area contributed by atoms with Gasteiger partial charge in [0.1, 0.15) is 5.60 Å². The van der Waals surface area contributed by atoms with E-state index in [1.165, 1.54) is 0 Å². The van der Waals surface area contributed by atoms with Crippen LogP contribution in [0.2, 0.25) is 0 Å². The summed E-state index contributed by atoms with van der Waals surface area (Å²) in [6.45, 7) is 13.1. The van der Waals surface area contributed by atoms with Crippen molar-refractivity contribution in [1.82, 2.24) is 29.8 Å².